The van der Waals surface area contributed by atoms with Gasteiger partial charge in [0.2, 0.25) is 0 Å². The van der Waals surface area contributed by atoms with E-state index in [1.54, 1.807) is 37.6 Å². The van der Waals surface area contributed by atoms with Crippen LogP contribution in [0, 0.1) is 0 Å². The number of benzene rings is 2. The van der Waals surface area contributed by atoms with Gasteiger partial charge in [-0.15, -0.1) is 0 Å². The average molecular weight is 312 g/mol. The Morgan fingerprint density at radius 1 is 1.13 bits per heavy atom. The number of carbonyl (C=O) groups excluding carboxylic acids is 1. The van der Waals surface area contributed by atoms with Crippen LogP contribution in [0.1, 0.15) is 29.8 Å². The van der Waals surface area contributed by atoms with E-state index in [1.165, 1.54) is 0 Å². The van der Waals surface area contributed by atoms with Crippen molar-refractivity contribution in [1.29, 1.82) is 0 Å². The van der Waals surface area contributed by atoms with Crippen LogP contribution in [0.5, 0.6) is 11.5 Å². The van der Waals surface area contributed by atoms with E-state index in [-0.39, 0.29) is 12.0 Å². The Bertz CT molecular complexity index is 679. The predicted octanol–water partition coefficient (Wildman–Crippen LogP) is 3.25. The van der Waals surface area contributed by atoms with Crippen LogP contribution in [0.25, 0.3) is 0 Å². The summed E-state index contributed by atoms with van der Waals surface area (Å²) in [4.78, 5) is 12.0. The molecule has 120 valence electrons. The Morgan fingerprint density at radius 3 is 2.48 bits per heavy atom. The SMILES string of the molecule is COc1ccc(C(=O)N/N=C\c2ccccc2OC(C)C)cc1. The summed E-state index contributed by atoms with van der Waals surface area (Å²) in [5.41, 5.74) is 3.81. The average Bonchev–Trinajstić information content (AvgIpc) is 2.56. The van der Waals surface area contributed by atoms with Crippen LogP contribution in [0.15, 0.2) is 53.6 Å². The molecule has 0 atom stereocenters. The highest BCUT2D eigenvalue weighted by atomic mass is 16.5. The quantitative estimate of drug-likeness (QED) is 0.658. The molecule has 0 spiro atoms. The molecule has 0 saturated carbocycles. The second-order valence-corrected chi connectivity index (χ2v) is 5.13. The smallest absolute Gasteiger partial charge is 0.271 e. The lowest BCUT2D eigenvalue weighted by Gasteiger charge is -2.11. The van der Waals surface area contributed by atoms with E-state index in [9.17, 15) is 4.79 Å². The van der Waals surface area contributed by atoms with Crippen molar-refractivity contribution in [3.8, 4) is 11.5 Å². The van der Waals surface area contributed by atoms with Crippen LogP contribution in [0.4, 0.5) is 0 Å². The van der Waals surface area contributed by atoms with Gasteiger partial charge in [0, 0.05) is 11.1 Å². The molecule has 0 aliphatic carbocycles. The maximum Gasteiger partial charge on any atom is 0.271 e. The third-order valence-electron chi connectivity index (χ3n) is 3.00. The molecule has 5 nitrogen and oxygen atoms in total. The summed E-state index contributed by atoms with van der Waals surface area (Å²) in [5.74, 6) is 1.14. The number of para-hydroxylation sites is 1. The predicted molar refractivity (Wildman–Crippen MR) is 90.3 cm³/mol. The summed E-state index contributed by atoms with van der Waals surface area (Å²) in [6.07, 6.45) is 1.64. The maximum atomic E-state index is 12.0. The molecule has 23 heavy (non-hydrogen) atoms. The van der Waals surface area contributed by atoms with E-state index in [0.717, 1.165) is 11.3 Å². The molecule has 1 N–H and O–H groups in total. The largest absolute Gasteiger partial charge is 0.497 e. The summed E-state index contributed by atoms with van der Waals surface area (Å²) >= 11 is 0. The van der Waals surface area contributed by atoms with E-state index >= 15 is 0 Å². The van der Waals surface area contributed by atoms with Gasteiger partial charge in [0.25, 0.3) is 5.91 Å². The van der Waals surface area contributed by atoms with Crippen LogP contribution in [-0.4, -0.2) is 25.3 Å². The minimum atomic E-state index is -0.286. The number of methoxy groups -OCH3 is 1. The van der Waals surface area contributed by atoms with Crippen molar-refractivity contribution in [2.75, 3.05) is 7.11 Å². The third kappa shape index (κ3) is 4.85. The summed E-state index contributed by atoms with van der Waals surface area (Å²) in [7, 11) is 1.58. The van der Waals surface area contributed by atoms with Gasteiger partial charge in [-0.1, -0.05) is 12.1 Å². The van der Waals surface area contributed by atoms with Crippen LogP contribution >= 0.6 is 0 Å². The highest BCUT2D eigenvalue weighted by molar-refractivity contribution is 5.95. The first kappa shape index (κ1) is 16.5. The highest BCUT2D eigenvalue weighted by Gasteiger charge is 2.05. The van der Waals surface area contributed by atoms with E-state index < -0.39 is 0 Å². The van der Waals surface area contributed by atoms with Gasteiger partial charge in [-0.25, -0.2) is 5.43 Å². The van der Waals surface area contributed by atoms with E-state index in [4.69, 9.17) is 9.47 Å². The Labute approximate surface area is 135 Å². The number of nitrogens with one attached hydrogen (secondary N) is 1. The Hall–Kier alpha value is -2.82. The molecule has 0 fully saturated rings. The first-order valence-electron chi connectivity index (χ1n) is 7.33. The van der Waals surface area contributed by atoms with Crippen molar-refractivity contribution in [2.45, 2.75) is 20.0 Å². The van der Waals surface area contributed by atoms with Crippen molar-refractivity contribution in [3.05, 3.63) is 59.7 Å². The monoisotopic (exact) mass is 312 g/mol. The molecule has 0 aromatic heterocycles. The zero-order valence-corrected chi connectivity index (χ0v) is 13.4. The van der Waals surface area contributed by atoms with Crippen LogP contribution in [0.3, 0.4) is 0 Å². The number of ether oxygens (including phenoxy) is 2. The first-order chi connectivity index (χ1) is 11.1. The molecule has 2 aromatic carbocycles. The van der Waals surface area contributed by atoms with Crippen molar-refractivity contribution in [1.82, 2.24) is 5.43 Å². The van der Waals surface area contributed by atoms with E-state index in [2.05, 4.69) is 10.5 Å². The number of carbonyl (C=O) groups is 1. The number of hydrazone groups is 1. The molecular weight excluding hydrogens is 292 g/mol. The number of amides is 1. The maximum absolute atomic E-state index is 12.0. The lowest BCUT2D eigenvalue weighted by atomic mass is 10.2. The minimum absolute atomic E-state index is 0.0680. The van der Waals surface area contributed by atoms with E-state index in [0.29, 0.717) is 11.3 Å². The van der Waals surface area contributed by atoms with Gasteiger partial charge in [0.05, 0.1) is 19.4 Å². The fourth-order valence-electron chi connectivity index (χ4n) is 1.92. The van der Waals surface area contributed by atoms with Crippen molar-refractivity contribution in [2.24, 2.45) is 5.10 Å². The summed E-state index contributed by atoms with van der Waals surface area (Å²) in [6, 6.07) is 14.3. The zero-order valence-electron chi connectivity index (χ0n) is 13.4. The molecule has 1 amide bonds. The highest BCUT2D eigenvalue weighted by Crippen LogP contribution is 2.17. The zero-order chi connectivity index (χ0) is 16.7. The normalized spacial score (nSPS) is 10.8. The minimum Gasteiger partial charge on any atom is -0.497 e. The van der Waals surface area contributed by atoms with Gasteiger partial charge >= 0.3 is 0 Å². The fourth-order valence-corrected chi connectivity index (χ4v) is 1.92. The summed E-state index contributed by atoms with van der Waals surface area (Å²) in [6.45, 7) is 3.92. The van der Waals surface area contributed by atoms with Gasteiger partial charge in [-0.2, -0.15) is 5.10 Å². The molecule has 5 heteroatoms. The molecule has 0 aliphatic heterocycles. The van der Waals surface area contributed by atoms with Gasteiger partial charge in [-0.3, -0.25) is 4.79 Å². The van der Waals surface area contributed by atoms with Crippen LogP contribution in [0.2, 0.25) is 0 Å². The van der Waals surface area contributed by atoms with E-state index in [1.807, 2.05) is 38.1 Å². The second-order valence-electron chi connectivity index (χ2n) is 5.13. The number of hydrogen-bond donors (Lipinski definition) is 1. The standard InChI is InChI=1S/C18H20N2O3/c1-13(2)23-17-7-5-4-6-15(17)12-19-20-18(21)14-8-10-16(22-3)11-9-14/h4-13H,1-3H3,(H,20,21)/b19-12-. The molecule has 0 radical (unpaired) electrons. The second kappa shape index (κ2) is 7.98. The van der Waals surface area contributed by atoms with Crippen molar-refractivity contribution >= 4 is 12.1 Å². The Balaban J connectivity index is 2.02. The fraction of sp³-hybridized carbons (Fsp3) is 0.222. The van der Waals surface area contributed by atoms with Gasteiger partial charge < -0.3 is 9.47 Å². The molecular formula is C18H20N2O3. The number of hydrogen-bond acceptors (Lipinski definition) is 4. The van der Waals surface area contributed by atoms with Gasteiger partial charge in [0.1, 0.15) is 11.5 Å². The van der Waals surface area contributed by atoms with Gasteiger partial charge in [-0.05, 0) is 50.2 Å². The van der Waals surface area contributed by atoms with Crippen LogP contribution < -0.4 is 14.9 Å². The van der Waals surface area contributed by atoms with Crippen molar-refractivity contribution in [3.63, 3.8) is 0 Å². The number of nitrogens with zero attached hydrogens (tertiary/aromatic N) is 1. The topological polar surface area (TPSA) is 59.9 Å². The summed E-state index contributed by atoms with van der Waals surface area (Å²) < 4.78 is 10.8. The Morgan fingerprint density at radius 2 is 1.83 bits per heavy atom. The lowest BCUT2D eigenvalue weighted by molar-refractivity contribution is 0.0955. The molecule has 2 rings (SSSR count). The summed E-state index contributed by atoms with van der Waals surface area (Å²) in [5, 5.41) is 3.99. The van der Waals surface area contributed by atoms with Gasteiger partial charge in [0.15, 0.2) is 0 Å². The molecule has 0 saturated heterocycles. The molecule has 0 bridgehead atoms. The first-order valence-corrected chi connectivity index (χ1v) is 7.33. The lowest BCUT2D eigenvalue weighted by Crippen LogP contribution is -2.17. The molecule has 2 aromatic rings. The Kier molecular flexibility index (Phi) is 5.74. The van der Waals surface area contributed by atoms with Crippen molar-refractivity contribution < 1.29 is 14.3 Å². The van der Waals surface area contributed by atoms with Crippen LogP contribution in [-0.2, 0) is 0 Å². The molecule has 0 unspecified atom stereocenters. The molecule has 0 heterocycles. The third-order valence-corrected chi connectivity index (χ3v) is 3.00. The molecule has 0 aliphatic rings. The number of rotatable bonds is 6.